The topological polar surface area (TPSA) is 104 Å². The van der Waals surface area contributed by atoms with Crippen LogP contribution in [0, 0.1) is 11.8 Å². The third kappa shape index (κ3) is 1.91. The first-order valence-electron chi connectivity index (χ1n) is 7.67. The number of Topliss-reactive ketones (excluding diaryl/α,β-unsaturated/α-hetero) is 2. The van der Waals surface area contributed by atoms with E-state index in [0.717, 1.165) is 0 Å². The first-order valence-corrected chi connectivity index (χ1v) is 7.67. The quantitative estimate of drug-likeness (QED) is 0.691. The first kappa shape index (κ1) is 15.3. The average molecular weight is 338 g/mol. The number of carbonyl (C=O) groups excluding carboxylic acids is 2. The number of hydrogen-bond donors (Lipinski definition) is 3. The highest BCUT2D eigenvalue weighted by molar-refractivity contribution is 6.24. The number of phenols is 3. The summed E-state index contributed by atoms with van der Waals surface area (Å²) in [5.41, 5.74) is -0.427. The Hall–Kier alpha value is -3.28. The number of benzene rings is 2. The maximum Gasteiger partial charge on any atom is 0.179 e. The van der Waals surface area contributed by atoms with Gasteiger partial charge in [-0.3, -0.25) is 9.59 Å². The molecule has 0 saturated carbocycles. The molecule has 0 heterocycles. The Morgan fingerprint density at radius 2 is 1.64 bits per heavy atom. The van der Waals surface area contributed by atoms with Gasteiger partial charge in [-0.15, -0.1) is 0 Å². The van der Waals surface area contributed by atoms with Crippen molar-refractivity contribution in [3.05, 3.63) is 53.3 Å². The zero-order valence-electron chi connectivity index (χ0n) is 13.2. The molecule has 0 aliphatic heterocycles. The molecule has 2 aliphatic carbocycles. The highest BCUT2D eigenvalue weighted by Gasteiger charge is 2.47. The lowest BCUT2D eigenvalue weighted by atomic mass is 9.70. The van der Waals surface area contributed by atoms with Crippen LogP contribution in [0.4, 0.5) is 0 Å². The minimum absolute atomic E-state index is 0.109. The Kier molecular flexibility index (Phi) is 3.12. The second-order valence-corrected chi connectivity index (χ2v) is 6.07. The van der Waals surface area contributed by atoms with Crippen molar-refractivity contribution < 1.29 is 29.6 Å². The number of fused-ring (bicyclic) bond motifs is 3. The largest absolute Gasteiger partial charge is 0.508 e. The highest BCUT2D eigenvalue weighted by Crippen LogP contribution is 2.48. The highest BCUT2D eigenvalue weighted by atomic mass is 16.5. The van der Waals surface area contributed by atoms with Crippen LogP contribution < -0.4 is 0 Å². The predicted molar refractivity (Wildman–Crippen MR) is 88.8 cm³/mol. The van der Waals surface area contributed by atoms with Crippen LogP contribution in [0.3, 0.4) is 0 Å². The predicted octanol–water partition coefficient (Wildman–Crippen LogP) is 2.67. The van der Waals surface area contributed by atoms with E-state index in [0.29, 0.717) is 5.76 Å². The molecular formula is C19H14O6. The van der Waals surface area contributed by atoms with Crippen molar-refractivity contribution in [2.75, 3.05) is 7.11 Å². The summed E-state index contributed by atoms with van der Waals surface area (Å²) in [6.45, 7) is 0. The molecular weight excluding hydrogens is 324 g/mol. The number of methoxy groups -OCH3 is 1. The minimum atomic E-state index is -0.866. The molecule has 0 radical (unpaired) electrons. The van der Waals surface area contributed by atoms with E-state index in [4.69, 9.17) is 4.74 Å². The van der Waals surface area contributed by atoms with Crippen molar-refractivity contribution in [3.8, 4) is 17.2 Å². The van der Waals surface area contributed by atoms with Crippen LogP contribution in [0.25, 0.3) is 10.8 Å². The smallest absolute Gasteiger partial charge is 0.179 e. The number of phenolic OH excluding ortho intramolecular Hbond substituents is 3. The van der Waals surface area contributed by atoms with Crippen molar-refractivity contribution in [1.82, 2.24) is 0 Å². The molecule has 2 aromatic carbocycles. The Bertz CT molecular complexity index is 1010. The third-order valence-electron chi connectivity index (χ3n) is 4.80. The molecule has 6 heteroatoms. The van der Waals surface area contributed by atoms with Crippen LogP contribution in [0.15, 0.2) is 42.2 Å². The third-order valence-corrected chi connectivity index (χ3v) is 4.80. The van der Waals surface area contributed by atoms with E-state index in [2.05, 4.69) is 0 Å². The maximum absolute atomic E-state index is 13.0. The van der Waals surface area contributed by atoms with Crippen LogP contribution in [0.2, 0.25) is 0 Å². The molecule has 0 amide bonds. The number of rotatable bonds is 1. The normalized spacial score (nSPS) is 21.7. The van der Waals surface area contributed by atoms with Crippen molar-refractivity contribution in [2.45, 2.75) is 0 Å². The van der Waals surface area contributed by atoms with E-state index < -0.39 is 29.2 Å². The van der Waals surface area contributed by atoms with Gasteiger partial charge in [-0.2, -0.15) is 0 Å². The number of carbonyl (C=O) groups is 2. The Balaban J connectivity index is 2.08. The van der Waals surface area contributed by atoms with Gasteiger partial charge >= 0.3 is 0 Å². The van der Waals surface area contributed by atoms with E-state index >= 15 is 0 Å². The minimum Gasteiger partial charge on any atom is -0.508 e. The van der Waals surface area contributed by atoms with Crippen molar-refractivity contribution in [3.63, 3.8) is 0 Å². The Morgan fingerprint density at radius 3 is 2.36 bits per heavy atom. The second-order valence-electron chi connectivity index (χ2n) is 6.07. The van der Waals surface area contributed by atoms with Crippen LogP contribution in [-0.2, 0) is 4.74 Å². The summed E-state index contributed by atoms with van der Waals surface area (Å²) < 4.78 is 5.23. The van der Waals surface area contributed by atoms with Gasteiger partial charge in [0.25, 0.3) is 0 Å². The fourth-order valence-electron chi connectivity index (χ4n) is 3.63. The molecule has 2 aliphatic rings. The molecule has 4 rings (SSSR count). The Labute approximate surface area is 142 Å². The summed E-state index contributed by atoms with van der Waals surface area (Å²) in [6.07, 6.45) is 4.81. The van der Waals surface area contributed by atoms with Gasteiger partial charge in [0.1, 0.15) is 23.0 Å². The van der Waals surface area contributed by atoms with Gasteiger partial charge in [0.05, 0.1) is 30.1 Å². The fourth-order valence-corrected chi connectivity index (χ4v) is 3.63. The zero-order chi connectivity index (χ0) is 17.9. The van der Waals surface area contributed by atoms with Crippen LogP contribution >= 0.6 is 0 Å². The molecule has 3 N–H and O–H groups in total. The summed E-state index contributed by atoms with van der Waals surface area (Å²) in [5.74, 6) is -3.23. The van der Waals surface area contributed by atoms with Gasteiger partial charge < -0.3 is 20.1 Å². The lowest BCUT2D eigenvalue weighted by Crippen LogP contribution is -2.38. The zero-order valence-corrected chi connectivity index (χ0v) is 13.2. The second kappa shape index (κ2) is 5.11. The van der Waals surface area contributed by atoms with Crippen molar-refractivity contribution >= 4 is 22.3 Å². The molecule has 0 bridgehead atoms. The number of ether oxygens (including phenoxy) is 1. The van der Waals surface area contributed by atoms with E-state index in [1.807, 2.05) is 0 Å². The molecule has 25 heavy (non-hydrogen) atoms. The lowest BCUT2D eigenvalue weighted by Gasteiger charge is -2.32. The summed E-state index contributed by atoms with van der Waals surface area (Å²) in [7, 11) is 1.41. The summed E-state index contributed by atoms with van der Waals surface area (Å²) in [4.78, 5) is 26.0. The van der Waals surface area contributed by atoms with Gasteiger partial charge in [-0.05, 0) is 24.3 Å². The van der Waals surface area contributed by atoms with Gasteiger partial charge in [-0.25, -0.2) is 0 Å². The number of hydrogen-bond acceptors (Lipinski definition) is 6. The first-order chi connectivity index (χ1) is 12.0. The van der Waals surface area contributed by atoms with E-state index in [1.165, 1.54) is 25.3 Å². The van der Waals surface area contributed by atoms with Gasteiger partial charge in [0.2, 0.25) is 0 Å². The van der Waals surface area contributed by atoms with Gasteiger partial charge in [0.15, 0.2) is 11.6 Å². The fraction of sp³-hybridized carbons (Fsp3) is 0.158. The molecule has 0 spiro atoms. The molecule has 2 atom stereocenters. The molecule has 2 unspecified atom stereocenters. The number of ketones is 2. The standard InChI is InChI=1S/C19H14O6/c1-25-12-4-2-3-10-13(12)19(24)15-14(17(10)22)18(23)11-7-8(20)5-6-9(11)16(15)21/h2-7,10,13,20-21,23H,1H3. The molecule has 2 aromatic rings. The summed E-state index contributed by atoms with van der Waals surface area (Å²) in [6, 6.07) is 3.96. The summed E-state index contributed by atoms with van der Waals surface area (Å²) >= 11 is 0. The van der Waals surface area contributed by atoms with Crippen LogP contribution in [0.5, 0.6) is 17.2 Å². The maximum atomic E-state index is 13.0. The van der Waals surface area contributed by atoms with Crippen LogP contribution in [-0.4, -0.2) is 34.0 Å². The van der Waals surface area contributed by atoms with Crippen molar-refractivity contribution in [1.29, 1.82) is 0 Å². The van der Waals surface area contributed by atoms with E-state index in [9.17, 15) is 24.9 Å². The average Bonchev–Trinajstić information content (AvgIpc) is 2.61. The van der Waals surface area contributed by atoms with E-state index in [-0.39, 0.29) is 33.4 Å². The van der Waals surface area contributed by atoms with Gasteiger partial charge in [-0.1, -0.05) is 12.2 Å². The molecule has 126 valence electrons. The molecule has 0 aromatic heterocycles. The molecule has 6 nitrogen and oxygen atoms in total. The molecule has 0 saturated heterocycles. The van der Waals surface area contributed by atoms with E-state index in [1.54, 1.807) is 18.2 Å². The molecule has 0 fully saturated rings. The SMILES string of the molecule is COC1=CC=CC2C(=O)c3c(c(O)c4ccc(O)cc4c3O)C(=O)C12. The van der Waals surface area contributed by atoms with Crippen LogP contribution in [0.1, 0.15) is 20.7 Å². The van der Waals surface area contributed by atoms with Crippen molar-refractivity contribution in [2.24, 2.45) is 11.8 Å². The monoisotopic (exact) mass is 338 g/mol. The summed E-state index contributed by atoms with van der Waals surface area (Å²) in [5, 5.41) is 31.1. The Morgan fingerprint density at radius 1 is 0.960 bits per heavy atom. The van der Waals surface area contributed by atoms with Gasteiger partial charge in [0, 0.05) is 10.8 Å². The number of aromatic hydroxyl groups is 3. The lowest BCUT2D eigenvalue weighted by molar-refractivity contribution is 0.0736. The number of allylic oxidation sites excluding steroid dienone is 4.